The minimum atomic E-state index is -4.50. The lowest BCUT2D eigenvalue weighted by Crippen LogP contribution is -2.34. The van der Waals surface area contributed by atoms with Gasteiger partial charge < -0.3 is 10.4 Å². The Morgan fingerprint density at radius 3 is 1.91 bits per heavy atom. The van der Waals surface area contributed by atoms with E-state index in [1.54, 1.807) is 0 Å². The minimum Gasteiger partial charge on any atom is -0.394 e. The van der Waals surface area contributed by atoms with Crippen molar-refractivity contribution in [3.05, 3.63) is 0 Å². The molecule has 0 aromatic heterocycles. The zero-order valence-corrected chi connectivity index (χ0v) is 14.6. The highest BCUT2D eigenvalue weighted by Crippen LogP contribution is 2.10. The third kappa shape index (κ3) is 16.2. The van der Waals surface area contributed by atoms with Crippen LogP contribution in [0.1, 0.15) is 71.1 Å². The van der Waals surface area contributed by atoms with Crippen molar-refractivity contribution in [3.63, 3.8) is 0 Å². The SMILES string of the molecule is CCCCCCCCCCCCNCC(CO)OS(=O)(=O)O. The van der Waals surface area contributed by atoms with Crippen LogP contribution in [0.4, 0.5) is 0 Å². The molecule has 0 saturated heterocycles. The standard InChI is InChI=1S/C15H33NO5S/c1-2-3-4-5-6-7-8-9-10-11-12-16-13-15(14-17)21-22(18,19)20/h15-17H,2-14H2,1H3,(H,18,19,20). The summed E-state index contributed by atoms with van der Waals surface area (Å²) in [6.45, 7) is 2.73. The molecule has 0 bridgehead atoms. The maximum atomic E-state index is 10.5. The number of rotatable bonds is 16. The third-order valence-corrected chi connectivity index (χ3v) is 4.06. The van der Waals surface area contributed by atoms with Crippen LogP contribution in [0.3, 0.4) is 0 Å². The van der Waals surface area contributed by atoms with E-state index in [-0.39, 0.29) is 6.54 Å². The Balaban J connectivity index is 3.32. The Bertz CT molecular complexity index is 335. The minimum absolute atomic E-state index is 0.202. The van der Waals surface area contributed by atoms with Crippen molar-refractivity contribution in [2.45, 2.75) is 77.2 Å². The van der Waals surface area contributed by atoms with Crippen LogP contribution in [0.15, 0.2) is 0 Å². The van der Waals surface area contributed by atoms with Gasteiger partial charge in [-0.3, -0.25) is 4.55 Å². The van der Waals surface area contributed by atoms with Gasteiger partial charge in [-0.2, -0.15) is 8.42 Å². The Labute approximate surface area is 135 Å². The largest absolute Gasteiger partial charge is 0.397 e. The van der Waals surface area contributed by atoms with Crippen molar-refractivity contribution < 1.29 is 22.3 Å². The summed E-state index contributed by atoms with van der Waals surface area (Å²) in [7, 11) is -4.50. The molecule has 1 atom stereocenters. The molecule has 0 spiro atoms. The number of aliphatic hydroxyl groups is 1. The van der Waals surface area contributed by atoms with Gasteiger partial charge in [0, 0.05) is 6.54 Å². The molecule has 134 valence electrons. The molecule has 0 radical (unpaired) electrons. The summed E-state index contributed by atoms with van der Waals surface area (Å²) in [4.78, 5) is 0. The smallest absolute Gasteiger partial charge is 0.394 e. The van der Waals surface area contributed by atoms with Crippen LogP contribution in [-0.2, 0) is 14.6 Å². The van der Waals surface area contributed by atoms with E-state index in [9.17, 15) is 8.42 Å². The molecular formula is C15H33NO5S. The Morgan fingerprint density at radius 1 is 0.955 bits per heavy atom. The molecule has 6 nitrogen and oxygen atoms in total. The van der Waals surface area contributed by atoms with Crippen molar-refractivity contribution in [2.24, 2.45) is 0 Å². The summed E-state index contributed by atoms with van der Waals surface area (Å²) >= 11 is 0. The highest BCUT2D eigenvalue weighted by molar-refractivity contribution is 7.80. The third-order valence-electron chi connectivity index (χ3n) is 3.54. The summed E-state index contributed by atoms with van der Waals surface area (Å²) in [6, 6.07) is 0. The molecule has 0 heterocycles. The fourth-order valence-corrected chi connectivity index (χ4v) is 2.77. The normalized spacial score (nSPS) is 13.4. The summed E-state index contributed by atoms with van der Waals surface area (Å²) < 4.78 is 33.9. The molecule has 0 rings (SSSR count). The van der Waals surface area contributed by atoms with E-state index in [0.29, 0.717) is 0 Å². The van der Waals surface area contributed by atoms with Gasteiger partial charge in [0.05, 0.1) is 6.61 Å². The molecule has 0 saturated carbocycles. The molecule has 7 heteroatoms. The van der Waals surface area contributed by atoms with Gasteiger partial charge in [-0.1, -0.05) is 64.7 Å². The van der Waals surface area contributed by atoms with Crippen molar-refractivity contribution >= 4 is 10.4 Å². The monoisotopic (exact) mass is 339 g/mol. The fraction of sp³-hybridized carbons (Fsp3) is 1.00. The van der Waals surface area contributed by atoms with Gasteiger partial charge in [0.25, 0.3) is 0 Å². The molecule has 0 aliphatic rings. The van der Waals surface area contributed by atoms with Crippen LogP contribution in [-0.4, -0.2) is 43.9 Å². The Kier molecular flexibility index (Phi) is 14.2. The van der Waals surface area contributed by atoms with E-state index in [0.717, 1.165) is 19.4 Å². The van der Waals surface area contributed by atoms with Gasteiger partial charge in [-0.25, -0.2) is 4.18 Å². The first kappa shape index (κ1) is 21.8. The Hall–Kier alpha value is -0.210. The summed E-state index contributed by atoms with van der Waals surface area (Å²) in [6.07, 6.45) is 11.7. The average Bonchev–Trinajstić information content (AvgIpc) is 2.46. The van der Waals surface area contributed by atoms with Crippen LogP contribution in [0.25, 0.3) is 0 Å². The van der Waals surface area contributed by atoms with Gasteiger partial charge in [0.15, 0.2) is 0 Å². The van der Waals surface area contributed by atoms with Gasteiger partial charge in [0.2, 0.25) is 0 Å². The first-order valence-corrected chi connectivity index (χ1v) is 9.83. The van der Waals surface area contributed by atoms with E-state index in [2.05, 4.69) is 16.4 Å². The molecule has 22 heavy (non-hydrogen) atoms. The lowest BCUT2D eigenvalue weighted by molar-refractivity contribution is 0.107. The summed E-state index contributed by atoms with van der Waals surface area (Å²) in [5, 5.41) is 11.9. The van der Waals surface area contributed by atoms with Crippen LogP contribution >= 0.6 is 0 Å². The molecule has 0 aromatic rings. The van der Waals surface area contributed by atoms with Crippen LogP contribution in [0, 0.1) is 0 Å². The highest BCUT2D eigenvalue weighted by Gasteiger charge is 2.15. The van der Waals surface area contributed by atoms with Crippen molar-refractivity contribution in [2.75, 3.05) is 19.7 Å². The second-order valence-corrected chi connectivity index (χ2v) is 6.76. The van der Waals surface area contributed by atoms with Crippen LogP contribution in [0.5, 0.6) is 0 Å². The van der Waals surface area contributed by atoms with E-state index < -0.39 is 23.1 Å². The van der Waals surface area contributed by atoms with Crippen molar-refractivity contribution in [1.29, 1.82) is 0 Å². The number of aliphatic hydroxyl groups excluding tert-OH is 1. The van der Waals surface area contributed by atoms with Crippen molar-refractivity contribution in [1.82, 2.24) is 5.32 Å². The quantitative estimate of drug-likeness (QED) is 0.295. The number of hydrogen-bond acceptors (Lipinski definition) is 5. The first-order valence-electron chi connectivity index (χ1n) is 8.47. The van der Waals surface area contributed by atoms with Crippen LogP contribution < -0.4 is 5.32 Å². The molecule has 0 fully saturated rings. The second kappa shape index (κ2) is 14.4. The van der Waals surface area contributed by atoms with E-state index >= 15 is 0 Å². The predicted octanol–water partition coefficient (Wildman–Crippen LogP) is 2.68. The van der Waals surface area contributed by atoms with E-state index in [1.807, 2.05) is 0 Å². The van der Waals surface area contributed by atoms with E-state index in [1.165, 1.54) is 51.4 Å². The maximum Gasteiger partial charge on any atom is 0.397 e. The summed E-state index contributed by atoms with van der Waals surface area (Å²) in [5.74, 6) is 0. The topological polar surface area (TPSA) is 95.9 Å². The number of hydrogen-bond donors (Lipinski definition) is 3. The Morgan fingerprint density at radius 2 is 1.45 bits per heavy atom. The van der Waals surface area contributed by atoms with Gasteiger partial charge in [0.1, 0.15) is 6.10 Å². The number of unbranched alkanes of at least 4 members (excludes halogenated alkanes) is 9. The number of nitrogens with one attached hydrogen (secondary N) is 1. The molecule has 0 aliphatic heterocycles. The second-order valence-electron chi connectivity index (χ2n) is 5.71. The average molecular weight is 339 g/mol. The lowest BCUT2D eigenvalue weighted by atomic mass is 10.1. The van der Waals surface area contributed by atoms with Crippen molar-refractivity contribution in [3.8, 4) is 0 Å². The van der Waals surface area contributed by atoms with Crippen LogP contribution in [0.2, 0.25) is 0 Å². The highest BCUT2D eigenvalue weighted by atomic mass is 32.3. The van der Waals surface area contributed by atoms with Gasteiger partial charge in [-0.05, 0) is 13.0 Å². The molecular weight excluding hydrogens is 306 g/mol. The predicted molar refractivity (Wildman–Crippen MR) is 88.2 cm³/mol. The van der Waals surface area contributed by atoms with Gasteiger partial charge >= 0.3 is 10.4 Å². The fourth-order valence-electron chi connectivity index (χ4n) is 2.30. The zero-order valence-electron chi connectivity index (χ0n) is 13.8. The van der Waals surface area contributed by atoms with Gasteiger partial charge in [-0.15, -0.1) is 0 Å². The summed E-state index contributed by atoms with van der Waals surface area (Å²) in [5.41, 5.74) is 0. The first-order chi connectivity index (χ1) is 10.5. The molecule has 1 unspecified atom stereocenters. The molecule has 0 aromatic carbocycles. The lowest BCUT2D eigenvalue weighted by Gasteiger charge is -2.13. The molecule has 0 aliphatic carbocycles. The zero-order chi connectivity index (χ0) is 16.7. The maximum absolute atomic E-state index is 10.5. The molecule has 0 amide bonds. The molecule has 3 N–H and O–H groups in total. The van der Waals surface area contributed by atoms with E-state index in [4.69, 9.17) is 9.66 Å².